The van der Waals surface area contributed by atoms with Crippen molar-refractivity contribution in [3.05, 3.63) is 28.5 Å². The zero-order valence-corrected chi connectivity index (χ0v) is 12.7. The summed E-state index contributed by atoms with van der Waals surface area (Å²) in [5.74, 6) is -1.67. The molecule has 1 aromatic carbocycles. The maximum atomic E-state index is 13.6. The van der Waals surface area contributed by atoms with Crippen molar-refractivity contribution in [1.82, 2.24) is 5.32 Å². The number of sulfonamides is 1. The molecule has 9 heteroatoms. The number of methoxy groups -OCH3 is 1. The van der Waals surface area contributed by atoms with Crippen molar-refractivity contribution in [1.29, 1.82) is 0 Å². The van der Waals surface area contributed by atoms with Gasteiger partial charge in [0.05, 0.1) is 21.6 Å². The zero-order chi connectivity index (χ0) is 15.8. The molecule has 2 rings (SSSR count). The lowest BCUT2D eigenvalue weighted by atomic mass is 9.89. The Bertz CT molecular complexity index is 674. The molecule has 0 aliphatic heterocycles. The molecule has 1 aromatic rings. The van der Waals surface area contributed by atoms with E-state index < -0.39 is 31.7 Å². The molecule has 1 aliphatic rings. The summed E-state index contributed by atoms with van der Waals surface area (Å²) in [5.41, 5.74) is -0.262. The van der Waals surface area contributed by atoms with Gasteiger partial charge in [-0.2, -0.15) is 0 Å². The lowest BCUT2D eigenvalue weighted by molar-refractivity contribution is 0.0176. The molecule has 0 unspecified atom stereocenters. The summed E-state index contributed by atoms with van der Waals surface area (Å²) in [6.45, 7) is 0. The molecule has 1 saturated carbocycles. The predicted molar refractivity (Wildman–Crippen MR) is 74.1 cm³/mol. The molecular formula is C12H14ClFN2O4S. The number of carbonyl (C=O) groups excluding carboxylic acids is 1. The largest absolute Gasteiger partial charge is 0.381 e. The Morgan fingerprint density at radius 3 is 2.62 bits per heavy atom. The highest BCUT2D eigenvalue weighted by Crippen LogP contribution is 2.26. The highest BCUT2D eigenvalue weighted by Gasteiger charge is 2.31. The van der Waals surface area contributed by atoms with E-state index in [9.17, 15) is 17.6 Å². The Morgan fingerprint density at radius 2 is 2.10 bits per heavy atom. The average Bonchev–Trinajstić information content (AvgIpc) is 2.34. The van der Waals surface area contributed by atoms with Gasteiger partial charge in [0.1, 0.15) is 5.82 Å². The Balaban J connectivity index is 2.22. The van der Waals surface area contributed by atoms with Gasteiger partial charge in [-0.1, -0.05) is 11.6 Å². The number of primary sulfonamides is 1. The van der Waals surface area contributed by atoms with Crippen LogP contribution in [0.4, 0.5) is 4.39 Å². The number of nitrogens with one attached hydrogen (secondary N) is 1. The van der Waals surface area contributed by atoms with E-state index in [0.29, 0.717) is 18.9 Å². The maximum Gasteiger partial charge on any atom is 0.253 e. The Labute approximate surface area is 126 Å². The van der Waals surface area contributed by atoms with Crippen molar-refractivity contribution in [2.75, 3.05) is 7.11 Å². The van der Waals surface area contributed by atoms with Crippen molar-refractivity contribution in [3.63, 3.8) is 0 Å². The molecular weight excluding hydrogens is 323 g/mol. The van der Waals surface area contributed by atoms with Gasteiger partial charge in [-0.05, 0) is 25.0 Å². The standard InChI is InChI=1S/C12H14ClFN2O4S/c1-20-7-2-6(3-7)16-12(17)9-4-8(21(15,18)19)5-10(14)11(9)13/h4-7H,2-3H2,1H3,(H,16,17)(H2,15,18,19). The van der Waals surface area contributed by atoms with Gasteiger partial charge in [-0.3, -0.25) is 4.79 Å². The lowest BCUT2D eigenvalue weighted by Crippen LogP contribution is -2.47. The van der Waals surface area contributed by atoms with Crippen molar-refractivity contribution in [3.8, 4) is 0 Å². The van der Waals surface area contributed by atoms with Crippen LogP contribution in [0.3, 0.4) is 0 Å². The maximum absolute atomic E-state index is 13.6. The Kier molecular flexibility index (Phi) is 4.52. The molecule has 0 aromatic heterocycles. The van der Waals surface area contributed by atoms with Gasteiger partial charge in [0.2, 0.25) is 10.0 Å². The molecule has 3 N–H and O–H groups in total. The van der Waals surface area contributed by atoms with E-state index in [2.05, 4.69) is 5.32 Å². The molecule has 0 radical (unpaired) electrons. The second-order valence-electron chi connectivity index (χ2n) is 4.81. The van der Waals surface area contributed by atoms with Gasteiger partial charge < -0.3 is 10.1 Å². The quantitative estimate of drug-likeness (QED) is 0.858. The van der Waals surface area contributed by atoms with Crippen LogP contribution < -0.4 is 10.5 Å². The monoisotopic (exact) mass is 336 g/mol. The van der Waals surface area contributed by atoms with Gasteiger partial charge in [0.25, 0.3) is 5.91 Å². The predicted octanol–water partition coefficient (Wildman–Crippen LogP) is 1.03. The van der Waals surface area contributed by atoms with E-state index >= 15 is 0 Å². The number of carbonyl (C=O) groups is 1. The van der Waals surface area contributed by atoms with Gasteiger partial charge in [-0.15, -0.1) is 0 Å². The average molecular weight is 337 g/mol. The fraction of sp³-hybridized carbons (Fsp3) is 0.417. The molecule has 21 heavy (non-hydrogen) atoms. The molecule has 0 bridgehead atoms. The van der Waals surface area contributed by atoms with E-state index in [0.717, 1.165) is 6.07 Å². The van der Waals surface area contributed by atoms with E-state index in [1.54, 1.807) is 7.11 Å². The Morgan fingerprint density at radius 1 is 1.48 bits per heavy atom. The summed E-state index contributed by atoms with van der Waals surface area (Å²) in [5, 5.41) is 7.13. The molecule has 116 valence electrons. The van der Waals surface area contributed by atoms with Crippen LogP contribution in [0.2, 0.25) is 5.02 Å². The van der Waals surface area contributed by atoms with Gasteiger partial charge in [-0.25, -0.2) is 17.9 Å². The van der Waals surface area contributed by atoms with Gasteiger partial charge in [0.15, 0.2) is 0 Å². The number of amides is 1. The fourth-order valence-corrected chi connectivity index (χ4v) is 2.78. The second-order valence-corrected chi connectivity index (χ2v) is 6.75. The first-order valence-electron chi connectivity index (χ1n) is 6.08. The van der Waals surface area contributed by atoms with E-state index in [1.807, 2.05) is 0 Å². The molecule has 1 amide bonds. The van der Waals surface area contributed by atoms with Crippen LogP contribution in [0.1, 0.15) is 23.2 Å². The van der Waals surface area contributed by atoms with E-state index in [4.69, 9.17) is 21.5 Å². The van der Waals surface area contributed by atoms with Crippen LogP contribution in [-0.4, -0.2) is 33.6 Å². The van der Waals surface area contributed by atoms with Crippen LogP contribution in [-0.2, 0) is 14.8 Å². The highest BCUT2D eigenvalue weighted by molar-refractivity contribution is 7.89. The van der Waals surface area contributed by atoms with Crippen LogP contribution in [0.15, 0.2) is 17.0 Å². The number of ether oxygens (including phenoxy) is 1. The van der Waals surface area contributed by atoms with Crippen molar-refractivity contribution in [2.24, 2.45) is 5.14 Å². The first-order valence-corrected chi connectivity index (χ1v) is 8.00. The minimum Gasteiger partial charge on any atom is -0.381 e. The number of halogens is 2. The normalized spacial score (nSPS) is 21.7. The Hall–Kier alpha value is -1.22. The van der Waals surface area contributed by atoms with Crippen molar-refractivity contribution >= 4 is 27.5 Å². The van der Waals surface area contributed by atoms with Crippen molar-refractivity contribution in [2.45, 2.75) is 29.9 Å². The number of hydrogen-bond acceptors (Lipinski definition) is 4. The van der Waals surface area contributed by atoms with Gasteiger partial charge in [0, 0.05) is 13.2 Å². The smallest absolute Gasteiger partial charge is 0.253 e. The number of hydrogen-bond donors (Lipinski definition) is 2. The van der Waals surface area contributed by atoms with Crippen LogP contribution in [0.5, 0.6) is 0 Å². The summed E-state index contributed by atoms with van der Waals surface area (Å²) >= 11 is 5.71. The third kappa shape index (κ3) is 3.52. The first-order chi connectivity index (χ1) is 9.72. The summed E-state index contributed by atoms with van der Waals surface area (Å²) in [7, 11) is -2.56. The number of rotatable bonds is 4. The third-order valence-corrected chi connectivity index (χ3v) is 4.62. The second kappa shape index (κ2) is 5.88. The molecule has 1 aliphatic carbocycles. The fourth-order valence-electron chi connectivity index (χ4n) is 2.03. The van der Waals surface area contributed by atoms with Crippen molar-refractivity contribution < 1.29 is 22.3 Å². The van der Waals surface area contributed by atoms with Crippen LogP contribution in [0.25, 0.3) is 0 Å². The van der Waals surface area contributed by atoms with E-state index in [-0.39, 0.29) is 17.7 Å². The number of nitrogens with two attached hydrogens (primary N) is 1. The summed E-state index contributed by atoms with van der Waals surface area (Å²) in [6, 6.07) is 1.53. The molecule has 0 atom stereocenters. The summed E-state index contributed by atoms with van der Waals surface area (Å²) < 4.78 is 41.2. The third-order valence-electron chi connectivity index (χ3n) is 3.34. The first kappa shape index (κ1) is 16.2. The minimum atomic E-state index is -4.13. The molecule has 0 heterocycles. The zero-order valence-electron chi connectivity index (χ0n) is 11.1. The van der Waals surface area contributed by atoms with Gasteiger partial charge >= 0.3 is 0 Å². The molecule has 0 saturated heterocycles. The summed E-state index contributed by atoms with van der Waals surface area (Å²) in [4.78, 5) is 11.6. The lowest BCUT2D eigenvalue weighted by Gasteiger charge is -2.34. The van der Waals surface area contributed by atoms with Crippen LogP contribution >= 0.6 is 11.6 Å². The highest BCUT2D eigenvalue weighted by atomic mass is 35.5. The molecule has 6 nitrogen and oxygen atoms in total. The molecule has 0 spiro atoms. The van der Waals surface area contributed by atoms with E-state index in [1.165, 1.54) is 0 Å². The number of benzene rings is 1. The molecule has 1 fully saturated rings. The summed E-state index contributed by atoms with van der Waals surface area (Å²) in [6.07, 6.45) is 1.35. The topological polar surface area (TPSA) is 98.5 Å². The SMILES string of the molecule is COC1CC(NC(=O)c2cc(S(N)(=O)=O)cc(F)c2Cl)C1. The minimum absolute atomic E-state index is 0.0817. The van der Waals surface area contributed by atoms with Crippen LogP contribution in [0, 0.1) is 5.82 Å².